The van der Waals surface area contributed by atoms with E-state index in [2.05, 4.69) is 44.0 Å². The predicted octanol–water partition coefficient (Wildman–Crippen LogP) is 3.10. The van der Waals surface area contributed by atoms with Crippen LogP contribution in [0.5, 0.6) is 0 Å². The molecule has 0 saturated carbocycles. The number of aromatic nitrogens is 3. The number of likely N-dealkylation sites (tertiary alicyclic amines) is 1. The SMILES string of the molecule is CCNC(=NCCCc1nnc2ccccn12)NCCN1CCCCC1CC.I. The monoisotopic (exact) mass is 513 g/mol. The summed E-state index contributed by atoms with van der Waals surface area (Å²) >= 11 is 0. The molecule has 0 aromatic carbocycles. The lowest BCUT2D eigenvalue weighted by molar-refractivity contribution is 0.147. The third-order valence-electron chi connectivity index (χ3n) is 5.47. The van der Waals surface area contributed by atoms with Crippen LogP contribution in [0, 0.1) is 0 Å². The molecule has 0 aliphatic carbocycles. The van der Waals surface area contributed by atoms with Crippen molar-refractivity contribution in [2.45, 2.75) is 58.4 Å². The average molecular weight is 513 g/mol. The van der Waals surface area contributed by atoms with Crippen molar-refractivity contribution in [1.29, 1.82) is 0 Å². The van der Waals surface area contributed by atoms with Gasteiger partial charge in [-0.05, 0) is 51.3 Å². The van der Waals surface area contributed by atoms with Gasteiger partial charge in [0.2, 0.25) is 0 Å². The van der Waals surface area contributed by atoms with Crippen molar-refractivity contribution in [3.63, 3.8) is 0 Å². The van der Waals surface area contributed by atoms with E-state index in [1.165, 1.54) is 32.2 Å². The summed E-state index contributed by atoms with van der Waals surface area (Å²) in [4.78, 5) is 7.37. The van der Waals surface area contributed by atoms with Gasteiger partial charge in [0.1, 0.15) is 5.82 Å². The van der Waals surface area contributed by atoms with E-state index in [0.717, 1.165) is 62.5 Å². The van der Waals surface area contributed by atoms with Crippen LogP contribution in [0.1, 0.15) is 51.8 Å². The number of fused-ring (bicyclic) bond motifs is 1. The van der Waals surface area contributed by atoms with E-state index in [-0.39, 0.29) is 24.0 Å². The van der Waals surface area contributed by atoms with Crippen molar-refractivity contribution < 1.29 is 0 Å². The average Bonchev–Trinajstić information content (AvgIpc) is 3.14. The minimum absolute atomic E-state index is 0. The summed E-state index contributed by atoms with van der Waals surface area (Å²) in [5, 5.41) is 15.4. The van der Waals surface area contributed by atoms with Gasteiger partial charge >= 0.3 is 0 Å². The first-order chi connectivity index (χ1) is 13.8. The van der Waals surface area contributed by atoms with Crippen LogP contribution in [0.2, 0.25) is 0 Å². The quantitative estimate of drug-likeness (QED) is 0.234. The minimum atomic E-state index is 0. The molecular weight excluding hydrogens is 477 g/mol. The molecule has 2 aromatic rings. The number of guanidine groups is 1. The first-order valence-electron chi connectivity index (χ1n) is 10.9. The normalized spacial score (nSPS) is 17.9. The summed E-state index contributed by atoms with van der Waals surface area (Å²) in [6.45, 7) is 9.34. The summed E-state index contributed by atoms with van der Waals surface area (Å²) < 4.78 is 2.05. The highest BCUT2D eigenvalue weighted by Gasteiger charge is 2.19. The number of piperidine rings is 1. The van der Waals surface area contributed by atoms with Crippen molar-refractivity contribution >= 4 is 35.6 Å². The van der Waals surface area contributed by atoms with E-state index in [4.69, 9.17) is 4.99 Å². The summed E-state index contributed by atoms with van der Waals surface area (Å²) in [5.74, 6) is 1.91. The second-order valence-corrected chi connectivity index (χ2v) is 7.43. The van der Waals surface area contributed by atoms with E-state index < -0.39 is 0 Å². The van der Waals surface area contributed by atoms with Gasteiger partial charge in [-0.2, -0.15) is 0 Å². The highest BCUT2D eigenvalue weighted by molar-refractivity contribution is 14.0. The van der Waals surface area contributed by atoms with Crippen LogP contribution in [0.4, 0.5) is 0 Å². The molecule has 2 N–H and O–H groups in total. The number of nitrogens with one attached hydrogen (secondary N) is 2. The van der Waals surface area contributed by atoms with Gasteiger partial charge in [0.25, 0.3) is 0 Å². The van der Waals surface area contributed by atoms with E-state index in [0.29, 0.717) is 0 Å². The first-order valence-corrected chi connectivity index (χ1v) is 10.9. The molecule has 1 unspecified atom stereocenters. The Labute approximate surface area is 191 Å². The Hall–Kier alpha value is -1.42. The molecular formula is C21H36IN7. The Morgan fingerprint density at radius 1 is 1.21 bits per heavy atom. The molecule has 3 heterocycles. The van der Waals surface area contributed by atoms with Gasteiger partial charge in [-0.15, -0.1) is 34.2 Å². The molecule has 0 spiro atoms. The number of hydrogen-bond donors (Lipinski definition) is 2. The molecule has 8 heteroatoms. The number of pyridine rings is 1. The third-order valence-corrected chi connectivity index (χ3v) is 5.47. The van der Waals surface area contributed by atoms with Crippen molar-refractivity contribution in [1.82, 2.24) is 30.1 Å². The minimum Gasteiger partial charge on any atom is -0.357 e. The van der Waals surface area contributed by atoms with Crippen LogP contribution in [-0.4, -0.2) is 64.2 Å². The largest absolute Gasteiger partial charge is 0.357 e. The maximum absolute atomic E-state index is 4.73. The number of nitrogens with zero attached hydrogens (tertiary/aromatic N) is 5. The van der Waals surface area contributed by atoms with E-state index in [1.807, 2.05) is 24.4 Å². The van der Waals surface area contributed by atoms with Gasteiger partial charge in [-0.3, -0.25) is 14.3 Å². The van der Waals surface area contributed by atoms with Crippen LogP contribution in [0.25, 0.3) is 5.65 Å². The number of aliphatic imine (C=N–C) groups is 1. The Bertz CT molecular complexity index is 745. The molecule has 0 radical (unpaired) electrons. The fraction of sp³-hybridized carbons (Fsp3) is 0.667. The van der Waals surface area contributed by atoms with Crippen molar-refractivity contribution in [3.05, 3.63) is 30.2 Å². The van der Waals surface area contributed by atoms with Gasteiger partial charge in [-0.1, -0.05) is 19.4 Å². The lowest BCUT2D eigenvalue weighted by Crippen LogP contribution is -2.46. The fourth-order valence-electron chi connectivity index (χ4n) is 3.97. The molecule has 0 amide bonds. The highest BCUT2D eigenvalue weighted by atomic mass is 127. The number of hydrogen-bond acceptors (Lipinski definition) is 4. The zero-order valence-corrected chi connectivity index (χ0v) is 20.1. The van der Waals surface area contributed by atoms with Crippen LogP contribution in [0.3, 0.4) is 0 Å². The summed E-state index contributed by atoms with van der Waals surface area (Å²) in [5.41, 5.74) is 0.902. The fourth-order valence-corrected chi connectivity index (χ4v) is 3.97. The second-order valence-electron chi connectivity index (χ2n) is 7.43. The Balaban J connectivity index is 0.00000300. The molecule has 1 atom stereocenters. The van der Waals surface area contributed by atoms with Crippen molar-refractivity contribution in [2.75, 3.05) is 32.7 Å². The molecule has 162 valence electrons. The maximum atomic E-state index is 4.73. The van der Waals surface area contributed by atoms with E-state index in [1.54, 1.807) is 0 Å². The number of aryl methyl sites for hydroxylation is 1. The Morgan fingerprint density at radius 3 is 2.93 bits per heavy atom. The van der Waals surface area contributed by atoms with Crippen molar-refractivity contribution in [2.24, 2.45) is 4.99 Å². The van der Waals surface area contributed by atoms with E-state index >= 15 is 0 Å². The lowest BCUT2D eigenvalue weighted by Gasteiger charge is -2.35. The topological polar surface area (TPSA) is 69.8 Å². The molecule has 3 rings (SSSR count). The molecule has 1 aliphatic heterocycles. The first kappa shape index (κ1) is 23.9. The number of rotatable bonds is 9. The number of halogens is 1. The van der Waals surface area contributed by atoms with Crippen LogP contribution in [0.15, 0.2) is 29.4 Å². The Morgan fingerprint density at radius 2 is 2.10 bits per heavy atom. The summed E-state index contributed by atoms with van der Waals surface area (Å²) in [6, 6.07) is 6.73. The summed E-state index contributed by atoms with van der Waals surface area (Å²) in [7, 11) is 0. The molecule has 2 aromatic heterocycles. The molecule has 1 aliphatic rings. The lowest BCUT2D eigenvalue weighted by atomic mass is 10.0. The van der Waals surface area contributed by atoms with Gasteiger partial charge in [0, 0.05) is 44.8 Å². The smallest absolute Gasteiger partial charge is 0.191 e. The van der Waals surface area contributed by atoms with Crippen LogP contribution < -0.4 is 10.6 Å². The second kappa shape index (κ2) is 13.0. The molecule has 1 saturated heterocycles. The van der Waals surface area contributed by atoms with Crippen molar-refractivity contribution in [3.8, 4) is 0 Å². The van der Waals surface area contributed by atoms with Gasteiger partial charge in [0.15, 0.2) is 11.6 Å². The van der Waals surface area contributed by atoms with Crippen LogP contribution >= 0.6 is 24.0 Å². The predicted molar refractivity (Wildman–Crippen MR) is 130 cm³/mol. The van der Waals surface area contributed by atoms with Gasteiger partial charge in [0.05, 0.1) is 0 Å². The third kappa shape index (κ3) is 7.09. The van der Waals surface area contributed by atoms with Gasteiger partial charge < -0.3 is 10.6 Å². The van der Waals surface area contributed by atoms with Crippen LogP contribution in [-0.2, 0) is 6.42 Å². The molecule has 29 heavy (non-hydrogen) atoms. The zero-order chi connectivity index (χ0) is 19.6. The van der Waals surface area contributed by atoms with Gasteiger partial charge in [-0.25, -0.2) is 0 Å². The highest BCUT2D eigenvalue weighted by Crippen LogP contribution is 2.18. The molecule has 1 fully saturated rings. The molecule has 0 bridgehead atoms. The summed E-state index contributed by atoms with van der Waals surface area (Å²) in [6.07, 6.45) is 9.17. The Kier molecular flexibility index (Phi) is 10.7. The zero-order valence-electron chi connectivity index (χ0n) is 17.8. The molecule has 7 nitrogen and oxygen atoms in total. The van der Waals surface area contributed by atoms with E-state index in [9.17, 15) is 0 Å². The standard InChI is InChI=1S/C21H35N7.HI/c1-3-18-10-5-7-15-27(18)17-14-24-21(22-4-2)23-13-9-12-20-26-25-19-11-6-8-16-28(19)20;/h6,8,11,16,18H,3-5,7,9-10,12-15,17H2,1-2H3,(H2,22,23,24);1H. The maximum Gasteiger partial charge on any atom is 0.191 e.